The molecular weight excluding hydrogens is 188 g/mol. The molecule has 0 bridgehead atoms. The summed E-state index contributed by atoms with van der Waals surface area (Å²) in [6, 6.07) is 6.62. The van der Waals surface area contributed by atoms with Gasteiger partial charge in [-0.2, -0.15) is 0 Å². The van der Waals surface area contributed by atoms with Gasteiger partial charge in [0.05, 0.1) is 7.11 Å². The number of thiol groups is 1. The fraction of sp³-hybridized carbons (Fsp3) is 0.125. The Morgan fingerprint density at radius 1 is 1.38 bits per heavy atom. The van der Waals surface area contributed by atoms with Crippen molar-refractivity contribution in [3.05, 3.63) is 24.3 Å². The quantitative estimate of drug-likeness (QED) is 0.633. The summed E-state index contributed by atoms with van der Waals surface area (Å²) in [5, 5.41) is 2.56. The molecule has 4 nitrogen and oxygen atoms in total. The number of hydrogen-bond donors (Lipinski definition) is 3. The fourth-order valence-corrected chi connectivity index (χ4v) is 0.889. The van der Waals surface area contributed by atoms with E-state index in [1.165, 1.54) is 0 Å². The molecule has 0 atom stereocenters. The molecule has 0 saturated heterocycles. The number of nitrogens with one attached hydrogen (secondary N) is 2. The van der Waals surface area contributed by atoms with Crippen LogP contribution in [0.2, 0.25) is 0 Å². The zero-order chi connectivity index (χ0) is 9.68. The molecule has 5 heteroatoms. The van der Waals surface area contributed by atoms with Gasteiger partial charge in [0.1, 0.15) is 5.75 Å². The Morgan fingerprint density at radius 3 is 2.46 bits per heavy atom. The lowest BCUT2D eigenvalue weighted by molar-refractivity contribution is 0.257. The van der Waals surface area contributed by atoms with Crippen molar-refractivity contribution in [2.24, 2.45) is 0 Å². The van der Waals surface area contributed by atoms with Crippen molar-refractivity contribution >= 4 is 24.5 Å². The van der Waals surface area contributed by atoms with Crippen LogP contribution in [-0.2, 0) is 0 Å². The Kier molecular flexibility index (Phi) is 3.45. The number of hydrogen-bond acceptors (Lipinski definition) is 3. The van der Waals surface area contributed by atoms with Gasteiger partial charge in [0.2, 0.25) is 0 Å². The second-order valence-corrected chi connectivity index (χ2v) is 2.52. The Morgan fingerprint density at radius 2 is 2.00 bits per heavy atom. The molecule has 2 N–H and O–H groups in total. The highest BCUT2D eigenvalue weighted by Gasteiger charge is 1.97. The number of carbonyl (C=O) groups is 1. The third-order valence-electron chi connectivity index (χ3n) is 1.45. The first-order valence-corrected chi connectivity index (χ1v) is 4.06. The van der Waals surface area contributed by atoms with E-state index in [9.17, 15) is 4.79 Å². The van der Waals surface area contributed by atoms with E-state index in [0.717, 1.165) is 5.75 Å². The van der Waals surface area contributed by atoms with Crippen LogP contribution in [-0.4, -0.2) is 13.1 Å². The van der Waals surface area contributed by atoms with Gasteiger partial charge >= 0.3 is 6.03 Å². The molecule has 0 unspecified atom stereocenters. The van der Waals surface area contributed by atoms with E-state index in [4.69, 9.17) is 4.74 Å². The maximum absolute atomic E-state index is 10.8. The first-order valence-electron chi connectivity index (χ1n) is 3.61. The highest BCUT2D eigenvalue weighted by atomic mass is 32.1. The Labute approximate surface area is 81.8 Å². The molecule has 0 fully saturated rings. The van der Waals surface area contributed by atoms with Crippen LogP contribution < -0.4 is 14.8 Å². The lowest BCUT2D eigenvalue weighted by Gasteiger charge is -2.04. The maximum Gasteiger partial charge on any atom is 0.329 e. The average Bonchev–Trinajstić information content (AvgIpc) is 2.19. The first kappa shape index (κ1) is 9.73. The molecule has 0 saturated carbocycles. The minimum Gasteiger partial charge on any atom is -0.497 e. The molecule has 0 aliphatic carbocycles. The number of methoxy groups -OCH3 is 1. The minimum absolute atomic E-state index is 0.367. The van der Waals surface area contributed by atoms with Crippen molar-refractivity contribution in [2.45, 2.75) is 0 Å². The summed E-state index contributed by atoms with van der Waals surface area (Å²) in [5.41, 5.74) is 0.687. The van der Waals surface area contributed by atoms with Crippen molar-refractivity contribution in [1.29, 1.82) is 0 Å². The third kappa shape index (κ3) is 2.87. The maximum atomic E-state index is 10.8. The standard InChI is InChI=1S/C8H10N2O2S/c1-12-7-4-2-6(3-5-7)9-8(11)10-13/h2-5,13H,1H3,(H2,9,10,11). The van der Waals surface area contributed by atoms with Crippen molar-refractivity contribution in [1.82, 2.24) is 4.72 Å². The van der Waals surface area contributed by atoms with Crippen LogP contribution in [0.1, 0.15) is 0 Å². The van der Waals surface area contributed by atoms with Crippen LogP contribution in [0.4, 0.5) is 10.5 Å². The van der Waals surface area contributed by atoms with E-state index in [1.807, 2.05) is 0 Å². The van der Waals surface area contributed by atoms with Crippen molar-refractivity contribution < 1.29 is 9.53 Å². The molecule has 13 heavy (non-hydrogen) atoms. The van der Waals surface area contributed by atoms with Gasteiger partial charge in [0, 0.05) is 5.69 Å². The van der Waals surface area contributed by atoms with E-state index >= 15 is 0 Å². The Hall–Kier alpha value is -1.36. The molecule has 2 amide bonds. The number of ether oxygens (including phenoxy) is 1. The van der Waals surface area contributed by atoms with Crippen LogP contribution in [0.5, 0.6) is 5.75 Å². The van der Waals surface area contributed by atoms with Gasteiger partial charge in [-0.05, 0) is 24.3 Å². The van der Waals surface area contributed by atoms with E-state index in [0.29, 0.717) is 5.69 Å². The van der Waals surface area contributed by atoms with Gasteiger partial charge in [0.25, 0.3) is 0 Å². The van der Waals surface area contributed by atoms with Crippen LogP contribution >= 0.6 is 12.8 Å². The normalized spacial score (nSPS) is 9.08. The van der Waals surface area contributed by atoms with E-state index < -0.39 is 0 Å². The summed E-state index contributed by atoms with van der Waals surface area (Å²) < 4.78 is 7.11. The van der Waals surface area contributed by atoms with E-state index in [2.05, 4.69) is 22.9 Å². The van der Waals surface area contributed by atoms with Crippen LogP contribution in [0.15, 0.2) is 24.3 Å². The number of rotatable bonds is 2. The van der Waals surface area contributed by atoms with Gasteiger partial charge < -0.3 is 10.1 Å². The summed E-state index contributed by atoms with van der Waals surface area (Å²) >= 11 is 3.60. The molecule has 0 spiro atoms. The van der Waals surface area contributed by atoms with Gasteiger partial charge in [-0.25, -0.2) is 4.79 Å². The van der Waals surface area contributed by atoms with Crippen molar-refractivity contribution in [3.63, 3.8) is 0 Å². The number of anilines is 1. The second-order valence-electron chi connectivity index (χ2n) is 2.29. The molecule has 1 rings (SSSR count). The van der Waals surface area contributed by atoms with Crippen molar-refractivity contribution in [2.75, 3.05) is 12.4 Å². The topological polar surface area (TPSA) is 50.4 Å². The van der Waals surface area contributed by atoms with Crippen LogP contribution in [0.3, 0.4) is 0 Å². The van der Waals surface area contributed by atoms with Crippen LogP contribution in [0, 0.1) is 0 Å². The molecule has 1 aromatic rings. The van der Waals surface area contributed by atoms with E-state index in [1.54, 1.807) is 31.4 Å². The highest BCUT2D eigenvalue weighted by Crippen LogP contribution is 2.14. The largest absolute Gasteiger partial charge is 0.497 e. The average molecular weight is 198 g/mol. The number of carbonyl (C=O) groups excluding carboxylic acids is 1. The van der Waals surface area contributed by atoms with Gasteiger partial charge in [-0.1, -0.05) is 12.8 Å². The molecule has 70 valence electrons. The molecule has 0 aromatic heterocycles. The minimum atomic E-state index is -0.367. The lowest BCUT2D eigenvalue weighted by atomic mass is 10.3. The van der Waals surface area contributed by atoms with Crippen molar-refractivity contribution in [3.8, 4) is 5.75 Å². The number of amides is 2. The molecule has 1 aromatic carbocycles. The predicted octanol–water partition coefficient (Wildman–Crippen LogP) is 1.66. The monoisotopic (exact) mass is 198 g/mol. The Balaban J connectivity index is 2.64. The molecule has 0 aliphatic rings. The molecule has 0 aliphatic heterocycles. The summed E-state index contributed by atoms with van der Waals surface area (Å²) in [6.07, 6.45) is 0. The predicted molar refractivity (Wildman–Crippen MR) is 54.1 cm³/mol. The molecule has 0 heterocycles. The molecule has 0 radical (unpaired) electrons. The van der Waals surface area contributed by atoms with Gasteiger partial charge in [-0.3, -0.25) is 4.72 Å². The summed E-state index contributed by atoms with van der Waals surface area (Å²) in [4.78, 5) is 10.8. The number of benzene rings is 1. The highest BCUT2D eigenvalue weighted by molar-refractivity contribution is 7.78. The van der Waals surface area contributed by atoms with Gasteiger partial charge in [-0.15, -0.1) is 0 Å². The smallest absolute Gasteiger partial charge is 0.329 e. The second kappa shape index (κ2) is 4.61. The Bertz CT molecular complexity index is 287. The zero-order valence-corrected chi connectivity index (χ0v) is 7.97. The lowest BCUT2D eigenvalue weighted by Crippen LogP contribution is -2.20. The summed E-state index contributed by atoms with van der Waals surface area (Å²) in [7, 11) is 1.59. The molecular formula is C8H10N2O2S. The number of urea groups is 1. The first-order chi connectivity index (χ1) is 6.26. The third-order valence-corrected chi connectivity index (χ3v) is 1.65. The fourth-order valence-electron chi connectivity index (χ4n) is 0.833. The SMILES string of the molecule is COc1ccc(NC(=O)NS)cc1. The van der Waals surface area contributed by atoms with Gasteiger partial charge in [0.15, 0.2) is 0 Å². The van der Waals surface area contributed by atoms with Crippen LogP contribution in [0.25, 0.3) is 0 Å². The summed E-state index contributed by atoms with van der Waals surface area (Å²) in [6.45, 7) is 0. The van der Waals surface area contributed by atoms with E-state index in [-0.39, 0.29) is 6.03 Å². The summed E-state index contributed by atoms with van der Waals surface area (Å²) in [5.74, 6) is 0.747. The zero-order valence-electron chi connectivity index (χ0n) is 7.07.